The summed E-state index contributed by atoms with van der Waals surface area (Å²) in [6.07, 6.45) is 6.97. The minimum absolute atomic E-state index is 0.00507. The van der Waals surface area contributed by atoms with Gasteiger partial charge in [0, 0.05) is 30.6 Å². The van der Waals surface area contributed by atoms with Gasteiger partial charge in [-0.05, 0) is 18.1 Å². The van der Waals surface area contributed by atoms with Crippen molar-refractivity contribution in [2.24, 2.45) is 7.05 Å². The van der Waals surface area contributed by atoms with Crippen molar-refractivity contribution < 1.29 is 9.90 Å². The fourth-order valence-electron chi connectivity index (χ4n) is 2.71. The summed E-state index contributed by atoms with van der Waals surface area (Å²) >= 11 is 0. The van der Waals surface area contributed by atoms with Gasteiger partial charge in [0.1, 0.15) is 0 Å². The van der Waals surface area contributed by atoms with Crippen molar-refractivity contribution in [2.75, 3.05) is 0 Å². The van der Waals surface area contributed by atoms with Gasteiger partial charge >= 0.3 is 5.97 Å². The number of hydrogen-bond donors (Lipinski definition) is 1. The van der Waals surface area contributed by atoms with E-state index in [1.165, 1.54) is 6.20 Å². The Kier molecular flexibility index (Phi) is 4.93. The summed E-state index contributed by atoms with van der Waals surface area (Å²) in [5.41, 5.74) is 3.51. The third-order valence-corrected chi connectivity index (χ3v) is 3.93. The Morgan fingerprint density at radius 1 is 1.19 bits per heavy atom. The summed E-state index contributed by atoms with van der Waals surface area (Å²) in [6, 6.07) is 9.93. The number of aromatic carboxylic acids is 1. The van der Waals surface area contributed by atoms with E-state index in [1.54, 1.807) is 10.8 Å². The quantitative estimate of drug-likeness (QED) is 0.757. The van der Waals surface area contributed by atoms with Gasteiger partial charge < -0.3 is 5.11 Å². The summed E-state index contributed by atoms with van der Waals surface area (Å²) in [6.45, 7) is 3.83. The van der Waals surface area contributed by atoms with Crippen LogP contribution in [0.5, 0.6) is 0 Å². The average molecular weight is 348 g/mol. The second kappa shape index (κ2) is 7.31. The Morgan fingerprint density at radius 3 is 2.58 bits per heavy atom. The van der Waals surface area contributed by atoms with E-state index in [9.17, 15) is 9.90 Å². The molecule has 0 amide bonds. The predicted octanol–water partition coefficient (Wildman–Crippen LogP) is 3.87. The molecular formula is C20H20N4O2. The van der Waals surface area contributed by atoms with Crippen LogP contribution in [0.25, 0.3) is 23.4 Å². The fourth-order valence-corrected chi connectivity index (χ4v) is 2.71. The number of hydrogen-bond acceptors (Lipinski definition) is 4. The number of aromatic nitrogens is 4. The highest BCUT2D eigenvalue weighted by atomic mass is 16.4. The van der Waals surface area contributed by atoms with Crippen LogP contribution in [0.1, 0.15) is 47.2 Å². The van der Waals surface area contributed by atoms with Crippen LogP contribution in [-0.2, 0) is 7.05 Å². The smallest absolute Gasteiger partial charge is 0.339 e. The molecule has 2 heterocycles. The van der Waals surface area contributed by atoms with Gasteiger partial charge in [0.2, 0.25) is 0 Å². The molecular weight excluding hydrogens is 328 g/mol. The number of carboxylic acids is 1. The van der Waals surface area contributed by atoms with Crippen LogP contribution in [0.2, 0.25) is 0 Å². The van der Waals surface area contributed by atoms with E-state index < -0.39 is 5.97 Å². The molecule has 0 saturated carbocycles. The predicted molar refractivity (Wildman–Crippen MR) is 101 cm³/mol. The molecule has 3 rings (SSSR count). The van der Waals surface area contributed by atoms with Crippen LogP contribution >= 0.6 is 0 Å². The fraction of sp³-hybridized carbons (Fsp3) is 0.200. The van der Waals surface area contributed by atoms with Crippen LogP contribution in [0.4, 0.5) is 0 Å². The summed E-state index contributed by atoms with van der Waals surface area (Å²) in [7, 11) is 1.87. The monoisotopic (exact) mass is 348 g/mol. The third kappa shape index (κ3) is 3.69. The second-order valence-electron chi connectivity index (χ2n) is 6.29. The van der Waals surface area contributed by atoms with Crippen molar-refractivity contribution in [1.29, 1.82) is 0 Å². The normalized spacial score (nSPS) is 11.4. The Labute approximate surface area is 151 Å². The van der Waals surface area contributed by atoms with Crippen LogP contribution in [-0.4, -0.2) is 30.8 Å². The molecule has 132 valence electrons. The molecule has 2 aromatic heterocycles. The topological polar surface area (TPSA) is 80.9 Å². The zero-order chi connectivity index (χ0) is 18.7. The maximum atomic E-state index is 11.3. The minimum atomic E-state index is -1.01. The second-order valence-corrected chi connectivity index (χ2v) is 6.29. The van der Waals surface area contributed by atoms with E-state index >= 15 is 0 Å². The van der Waals surface area contributed by atoms with E-state index in [1.807, 2.05) is 63.5 Å². The molecule has 0 aliphatic rings. The Balaban J connectivity index is 1.96. The lowest BCUT2D eigenvalue weighted by Gasteiger charge is -2.08. The molecule has 0 fully saturated rings. The van der Waals surface area contributed by atoms with Crippen molar-refractivity contribution in [3.63, 3.8) is 0 Å². The third-order valence-electron chi connectivity index (χ3n) is 3.93. The zero-order valence-corrected chi connectivity index (χ0v) is 14.9. The van der Waals surface area contributed by atoms with Crippen LogP contribution in [0.3, 0.4) is 0 Å². The van der Waals surface area contributed by atoms with Crippen LogP contribution < -0.4 is 0 Å². The van der Waals surface area contributed by atoms with E-state index in [2.05, 4.69) is 15.1 Å². The molecule has 6 nitrogen and oxygen atoms in total. The molecule has 0 saturated heterocycles. The summed E-state index contributed by atoms with van der Waals surface area (Å²) in [4.78, 5) is 19.9. The first-order chi connectivity index (χ1) is 12.5. The number of aryl methyl sites for hydroxylation is 1. The molecule has 1 N–H and O–H groups in total. The van der Waals surface area contributed by atoms with Gasteiger partial charge in [0.25, 0.3) is 0 Å². The lowest BCUT2D eigenvalue weighted by atomic mass is 10.1. The molecule has 0 aliphatic carbocycles. The van der Waals surface area contributed by atoms with Gasteiger partial charge in [-0.15, -0.1) is 0 Å². The lowest BCUT2D eigenvalue weighted by molar-refractivity contribution is 0.0694. The summed E-state index contributed by atoms with van der Waals surface area (Å²) < 4.78 is 1.76. The number of benzene rings is 1. The number of carbonyl (C=O) groups is 1. The highest BCUT2D eigenvalue weighted by Gasteiger charge is 2.15. The van der Waals surface area contributed by atoms with Gasteiger partial charge in [0.15, 0.2) is 5.82 Å². The van der Waals surface area contributed by atoms with Crippen molar-refractivity contribution in [3.05, 3.63) is 65.4 Å². The molecule has 0 atom stereocenters. The highest BCUT2D eigenvalue weighted by molar-refractivity contribution is 5.89. The van der Waals surface area contributed by atoms with E-state index in [0.717, 1.165) is 16.8 Å². The van der Waals surface area contributed by atoms with Gasteiger partial charge in [0.05, 0.1) is 17.0 Å². The lowest BCUT2D eigenvalue weighted by Crippen LogP contribution is -2.08. The maximum Gasteiger partial charge on any atom is 0.339 e. The van der Waals surface area contributed by atoms with Crippen molar-refractivity contribution in [1.82, 2.24) is 19.7 Å². The van der Waals surface area contributed by atoms with E-state index in [-0.39, 0.29) is 11.5 Å². The van der Waals surface area contributed by atoms with Crippen molar-refractivity contribution in [3.8, 4) is 11.3 Å². The van der Waals surface area contributed by atoms with E-state index in [0.29, 0.717) is 11.5 Å². The molecule has 0 aliphatic heterocycles. The average Bonchev–Trinajstić information content (AvgIpc) is 3.01. The van der Waals surface area contributed by atoms with Crippen molar-refractivity contribution >= 4 is 18.1 Å². The van der Waals surface area contributed by atoms with Gasteiger partial charge in [-0.1, -0.05) is 44.2 Å². The number of nitrogens with zero attached hydrogens (tertiary/aromatic N) is 4. The van der Waals surface area contributed by atoms with Gasteiger partial charge in [-0.2, -0.15) is 5.10 Å². The Bertz CT molecular complexity index is 959. The molecule has 1 aromatic carbocycles. The minimum Gasteiger partial charge on any atom is -0.478 e. The molecule has 0 radical (unpaired) electrons. The molecule has 26 heavy (non-hydrogen) atoms. The molecule has 3 aromatic rings. The van der Waals surface area contributed by atoms with Gasteiger partial charge in [-0.3, -0.25) is 4.68 Å². The van der Waals surface area contributed by atoms with Gasteiger partial charge in [-0.25, -0.2) is 14.8 Å². The largest absolute Gasteiger partial charge is 0.478 e. The number of carboxylic acid groups (broad SMARTS) is 1. The van der Waals surface area contributed by atoms with E-state index in [4.69, 9.17) is 0 Å². The first kappa shape index (κ1) is 17.5. The molecule has 0 spiro atoms. The first-order valence-electron chi connectivity index (χ1n) is 8.33. The molecule has 0 unspecified atom stereocenters. The first-order valence-corrected chi connectivity index (χ1v) is 8.33. The Hall–Kier alpha value is -3.28. The maximum absolute atomic E-state index is 11.3. The van der Waals surface area contributed by atoms with Crippen LogP contribution in [0, 0.1) is 0 Å². The zero-order valence-electron chi connectivity index (χ0n) is 14.9. The number of rotatable bonds is 5. The summed E-state index contributed by atoms with van der Waals surface area (Å²) in [5, 5.41) is 13.8. The van der Waals surface area contributed by atoms with Crippen molar-refractivity contribution in [2.45, 2.75) is 19.8 Å². The SMILES string of the molecule is CC(C)c1nc(/C=C/c2cn(C)nc2-c2ccccc2)ncc1C(=O)O. The molecule has 0 bridgehead atoms. The highest BCUT2D eigenvalue weighted by Crippen LogP contribution is 2.23. The van der Waals surface area contributed by atoms with Crippen LogP contribution in [0.15, 0.2) is 42.7 Å². The summed E-state index contributed by atoms with van der Waals surface area (Å²) in [5.74, 6) is -0.543. The molecule has 6 heteroatoms. The Morgan fingerprint density at radius 2 is 1.92 bits per heavy atom. The standard InChI is InChI=1S/C20H20N4O2/c1-13(2)18-16(20(25)26)11-21-17(22-18)10-9-15-12-24(3)23-19(15)14-7-5-4-6-8-14/h4-13H,1-3H3,(H,25,26)/b10-9+.